The molecular formula is C18H20O2S. The second-order valence-electron chi connectivity index (χ2n) is 5.56. The van der Waals surface area contributed by atoms with E-state index in [4.69, 9.17) is 4.74 Å². The highest BCUT2D eigenvalue weighted by Crippen LogP contribution is 2.28. The molecule has 1 unspecified atom stereocenters. The molecule has 21 heavy (non-hydrogen) atoms. The molecule has 0 aliphatic carbocycles. The Hall–Kier alpha value is -1.61. The van der Waals surface area contributed by atoms with Gasteiger partial charge in [-0.2, -0.15) is 0 Å². The predicted octanol–water partition coefficient (Wildman–Crippen LogP) is 4.73. The number of benzene rings is 1. The average molecular weight is 300 g/mol. The number of aryl methyl sites for hydroxylation is 1. The molecule has 0 spiro atoms. The number of ether oxygens (including phenoxy) is 1. The molecule has 1 aromatic carbocycles. The minimum absolute atomic E-state index is 0.0317. The number of hydrogen-bond acceptors (Lipinski definition) is 3. The molecule has 1 atom stereocenters. The van der Waals surface area contributed by atoms with Crippen LogP contribution in [0.4, 0.5) is 0 Å². The Bertz CT molecular complexity index is 669. The predicted molar refractivity (Wildman–Crippen MR) is 87.6 cm³/mol. The van der Waals surface area contributed by atoms with Gasteiger partial charge in [-0.25, -0.2) is 0 Å². The summed E-state index contributed by atoms with van der Waals surface area (Å²) in [6.45, 7) is 2.52. The lowest BCUT2D eigenvalue weighted by Crippen LogP contribution is -2.22. The Kier molecular flexibility index (Phi) is 4.39. The Morgan fingerprint density at radius 2 is 2.14 bits per heavy atom. The molecule has 2 heterocycles. The summed E-state index contributed by atoms with van der Waals surface area (Å²) in [5.74, 6) is -0.0965. The van der Waals surface area contributed by atoms with E-state index in [1.54, 1.807) is 0 Å². The molecule has 2 aromatic rings. The number of hydrogen-bond donors (Lipinski definition) is 0. The van der Waals surface area contributed by atoms with Gasteiger partial charge in [0, 0.05) is 4.70 Å². The number of esters is 1. The molecule has 1 aliphatic heterocycles. The molecule has 1 aromatic heterocycles. The van der Waals surface area contributed by atoms with Crippen molar-refractivity contribution in [1.29, 1.82) is 0 Å². The van der Waals surface area contributed by atoms with Crippen molar-refractivity contribution in [3.8, 4) is 0 Å². The van der Waals surface area contributed by atoms with Gasteiger partial charge in [0.15, 0.2) is 0 Å². The Morgan fingerprint density at radius 3 is 3.00 bits per heavy atom. The van der Waals surface area contributed by atoms with Crippen molar-refractivity contribution in [2.24, 2.45) is 5.92 Å². The smallest absolute Gasteiger partial charge is 0.313 e. The van der Waals surface area contributed by atoms with Crippen LogP contribution in [0.15, 0.2) is 41.3 Å². The second-order valence-corrected chi connectivity index (χ2v) is 6.47. The zero-order chi connectivity index (χ0) is 14.7. The molecule has 1 aliphatic rings. The van der Waals surface area contributed by atoms with Crippen LogP contribution in [-0.2, 0) is 16.0 Å². The summed E-state index contributed by atoms with van der Waals surface area (Å²) in [5.41, 5.74) is 2.72. The van der Waals surface area contributed by atoms with Gasteiger partial charge in [-0.15, -0.1) is 11.3 Å². The number of fused-ring (bicyclic) bond motifs is 1. The van der Waals surface area contributed by atoms with Crippen LogP contribution >= 0.6 is 11.3 Å². The molecule has 2 nitrogen and oxygen atoms in total. The van der Waals surface area contributed by atoms with E-state index >= 15 is 0 Å². The van der Waals surface area contributed by atoms with Gasteiger partial charge in [0.05, 0.1) is 5.92 Å². The van der Waals surface area contributed by atoms with Gasteiger partial charge in [0.1, 0.15) is 6.61 Å². The first kappa shape index (κ1) is 14.3. The van der Waals surface area contributed by atoms with E-state index in [-0.39, 0.29) is 11.9 Å². The molecule has 0 N–H and O–H groups in total. The summed E-state index contributed by atoms with van der Waals surface area (Å²) in [7, 11) is 0. The summed E-state index contributed by atoms with van der Waals surface area (Å²) < 4.78 is 6.61. The van der Waals surface area contributed by atoms with Crippen LogP contribution in [0, 0.1) is 5.92 Å². The highest BCUT2D eigenvalue weighted by atomic mass is 32.1. The minimum Gasteiger partial charge on any atom is -0.461 e. The monoisotopic (exact) mass is 300 g/mol. The van der Waals surface area contributed by atoms with E-state index in [0.29, 0.717) is 6.61 Å². The summed E-state index contributed by atoms with van der Waals surface area (Å²) >= 11 is 1.82. The quantitative estimate of drug-likeness (QED) is 0.589. The van der Waals surface area contributed by atoms with Crippen molar-refractivity contribution in [1.82, 2.24) is 0 Å². The number of thiophene rings is 1. The van der Waals surface area contributed by atoms with Gasteiger partial charge in [-0.1, -0.05) is 31.2 Å². The van der Waals surface area contributed by atoms with Crippen LogP contribution < -0.4 is 0 Å². The number of carbonyl (C=O) groups is 1. The number of carbonyl (C=O) groups excluding carboxylic acids is 1. The summed E-state index contributed by atoms with van der Waals surface area (Å²) in [6.07, 6.45) is 6.18. The first-order chi connectivity index (χ1) is 10.3. The van der Waals surface area contributed by atoms with Crippen molar-refractivity contribution in [2.75, 3.05) is 6.61 Å². The summed E-state index contributed by atoms with van der Waals surface area (Å²) in [6, 6.07) is 8.58. The molecule has 0 saturated carbocycles. The van der Waals surface area contributed by atoms with Crippen LogP contribution in [0.1, 0.15) is 31.7 Å². The minimum atomic E-state index is -0.0647. The zero-order valence-corrected chi connectivity index (χ0v) is 13.1. The fourth-order valence-corrected chi connectivity index (χ4v) is 3.84. The van der Waals surface area contributed by atoms with E-state index in [1.807, 2.05) is 18.3 Å². The average Bonchev–Trinajstić information content (AvgIpc) is 2.92. The van der Waals surface area contributed by atoms with E-state index < -0.39 is 0 Å². The SMILES string of the molecule is CCC1C=C(CCCc2csc3ccccc23)COC1=O. The standard InChI is InChI=1S/C18H20O2S/c1-2-14-10-13(11-20-18(14)19)6-5-7-15-12-21-17-9-4-3-8-16(15)17/h3-4,8-10,12,14H,2,5-7,11H2,1H3. The molecule has 0 radical (unpaired) electrons. The highest BCUT2D eigenvalue weighted by Gasteiger charge is 2.21. The Morgan fingerprint density at radius 1 is 1.29 bits per heavy atom. The van der Waals surface area contributed by atoms with Crippen LogP contribution in [0.2, 0.25) is 0 Å². The molecule has 3 rings (SSSR count). The van der Waals surface area contributed by atoms with Gasteiger partial charge >= 0.3 is 5.97 Å². The largest absolute Gasteiger partial charge is 0.461 e. The van der Waals surface area contributed by atoms with E-state index in [1.165, 1.54) is 21.2 Å². The van der Waals surface area contributed by atoms with E-state index in [2.05, 4.69) is 35.7 Å². The van der Waals surface area contributed by atoms with Crippen LogP contribution in [-0.4, -0.2) is 12.6 Å². The van der Waals surface area contributed by atoms with Gasteiger partial charge < -0.3 is 4.74 Å². The molecule has 0 saturated heterocycles. The lowest BCUT2D eigenvalue weighted by atomic mass is 9.97. The fraction of sp³-hybridized carbons (Fsp3) is 0.389. The van der Waals surface area contributed by atoms with Crippen molar-refractivity contribution >= 4 is 27.4 Å². The maximum Gasteiger partial charge on any atom is 0.313 e. The van der Waals surface area contributed by atoms with Gasteiger partial charge in [0.25, 0.3) is 0 Å². The van der Waals surface area contributed by atoms with Crippen molar-refractivity contribution in [3.05, 3.63) is 46.9 Å². The maximum absolute atomic E-state index is 11.5. The zero-order valence-electron chi connectivity index (χ0n) is 12.3. The lowest BCUT2D eigenvalue weighted by Gasteiger charge is -2.19. The van der Waals surface area contributed by atoms with Crippen molar-refractivity contribution in [3.63, 3.8) is 0 Å². The summed E-state index contributed by atoms with van der Waals surface area (Å²) in [4.78, 5) is 11.5. The number of cyclic esters (lactones) is 1. The molecular weight excluding hydrogens is 280 g/mol. The van der Waals surface area contributed by atoms with E-state index in [0.717, 1.165) is 25.7 Å². The van der Waals surface area contributed by atoms with Crippen molar-refractivity contribution in [2.45, 2.75) is 32.6 Å². The van der Waals surface area contributed by atoms with Gasteiger partial charge in [0.2, 0.25) is 0 Å². The van der Waals surface area contributed by atoms with E-state index in [9.17, 15) is 4.79 Å². The molecule has 0 fully saturated rings. The van der Waals surface area contributed by atoms with Gasteiger partial charge in [-0.3, -0.25) is 4.79 Å². The van der Waals surface area contributed by atoms with Gasteiger partial charge in [-0.05, 0) is 53.7 Å². The topological polar surface area (TPSA) is 26.3 Å². The Labute approximate surface area is 129 Å². The first-order valence-corrected chi connectivity index (χ1v) is 8.47. The Balaban J connectivity index is 1.60. The normalized spacial score (nSPS) is 18.6. The van der Waals surface area contributed by atoms with Crippen LogP contribution in [0.5, 0.6) is 0 Å². The van der Waals surface area contributed by atoms with Crippen molar-refractivity contribution < 1.29 is 9.53 Å². The lowest BCUT2D eigenvalue weighted by molar-refractivity contribution is -0.147. The van der Waals surface area contributed by atoms with Crippen LogP contribution in [0.25, 0.3) is 10.1 Å². The highest BCUT2D eigenvalue weighted by molar-refractivity contribution is 7.17. The molecule has 110 valence electrons. The first-order valence-electron chi connectivity index (χ1n) is 7.59. The molecule has 3 heteroatoms. The third kappa shape index (κ3) is 3.18. The summed E-state index contributed by atoms with van der Waals surface area (Å²) in [5, 5.41) is 3.66. The fourth-order valence-electron chi connectivity index (χ4n) is 2.84. The van der Waals surface area contributed by atoms with Crippen LogP contribution in [0.3, 0.4) is 0 Å². The second kappa shape index (κ2) is 6.44. The third-order valence-corrected chi connectivity index (χ3v) is 5.10. The maximum atomic E-state index is 11.5. The third-order valence-electron chi connectivity index (χ3n) is 4.08. The molecule has 0 bridgehead atoms. The number of rotatable bonds is 5. The molecule has 0 amide bonds.